The Kier molecular flexibility index (Phi) is 2.86. The lowest BCUT2D eigenvalue weighted by Crippen LogP contribution is -2.00. The fourth-order valence-electron chi connectivity index (χ4n) is 0. The van der Waals surface area contributed by atoms with Crippen LogP contribution in [0, 0.1) is 0 Å². The molecule has 0 fully saturated rings. The van der Waals surface area contributed by atoms with E-state index in [-0.39, 0.29) is 14.6 Å². The van der Waals surface area contributed by atoms with Gasteiger partial charge in [-0.1, -0.05) is 0 Å². The van der Waals surface area contributed by atoms with Gasteiger partial charge in [0.15, 0.2) is 0 Å². The molecule has 0 bridgehead atoms. The topological polar surface area (TPSA) is 45.9 Å². The van der Waals surface area contributed by atoms with Gasteiger partial charge >= 0.3 is 1.43 Å². The highest BCUT2D eigenvalue weighted by molar-refractivity contribution is 4.17. The van der Waals surface area contributed by atoms with Crippen LogP contribution in [0.2, 0.25) is 0 Å². The van der Waals surface area contributed by atoms with Gasteiger partial charge in [0.2, 0.25) is 0 Å². The lowest BCUT2D eigenvalue weighted by Gasteiger charge is -1.67. The van der Waals surface area contributed by atoms with Crippen LogP contribution in [-0.4, -0.2) is 13.2 Å². The molecule has 0 aromatic carbocycles. The first-order chi connectivity index (χ1) is 1.91. The van der Waals surface area contributed by atoms with Crippen LogP contribution in [0.15, 0.2) is 0 Å². The van der Waals surface area contributed by atoms with Crippen molar-refractivity contribution in [3.05, 3.63) is 0 Å². The van der Waals surface area contributed by atoms with E-state index in [1.54, 1.807) is 0 Å². The van der Waals surface area contributed by atoms with Gasteiger partial charge in [0.1, 0.15) is 0 Å². The van der Waals surface area contributed by atoms with Crippen LogP contribution in [0.4, 0.5) is 0 Å². The average Bonchev–Trinajstić information content (AvgIpc) is 1.37. The van der Waals surface area contributed by atoms with Crippen LogP contribution in [0.25, 0.3) is 0 Å². The molecule has 0 amide bonds. The SMILES string of the molecule is NCC[O].[H+]. The van der Waals surface area contributed by atoms with Crippen molar-refractivity contribution in [2.24, 2.45) is 5.73 Å². The molecule has 1 radical (unpaired) electrons. The molecule has 0 rings (SSSR count). The van der Waals surface area contributed by atoms with Crippen molar-refractivity contribution >= 4 is 0 Å². The molecule has 0 atom stereocenters. The molecular weight excluding hydrogens is 54.0 g/mol. The van der Waals surface area contributed by atoms with E-state index in [9.17, 15) is 5.11 Å². The van der Waals surface area contributed by atoms with Crippen LogP contribution in [0.1, 0.15) is 1.43 Å². The molecule has 2 heteroatoms. The van der Waals surface area contributed by atoms with E-state index in [0.29, 0.717) is 0 Å². The zero-order valence-electron chi connectivity index (χ0n) is 3.40. The van der Waals surface area contributed by atoms with Gasteiger partial charge in [-0.2, -0.15) is 0 Å². The second-order valence-corrected chi connectivity index (χ2v) is 0.493. The first kappa shape index (κ1) is 3.92. The maximum atomic E-state index is 9.17. The quantitative estimate of drug-likeness (QED) is 0.436. The summed E-state index contributed by atoms with van der Waals surface area (Å²) in [6.07, 6.45) is 0. The summed E-state index contributed by atoms with van der Waals surface area (Å²) in [5.41, 5.74) is 4.72. The molecule has 2 N–H and O–H groups in total. The number of hydrogen-bond acceptors (Lipinski definition) is 1. The summed E-state index contributed by atoms with van der Waals surface area (Å²) < 4.78 is 0. The van der Waals surface area contributed by atoms with Gasteiger partial charge in [-0.25, -0.2) is 5.11 Å². The molecule has 0 saturated heterocycles. The molecule has 2 nitrogen and oxygen atoms in total. The highest BCUT2D eigenvalue weighted by Gasteiger charge is 1.59. The lowest BCUT2D eigenvalue weighted by molar-refractivity contribution is 0.203. The van der Waals surface area contributed by atoms with Crippen LogP contribution in [0.5, 0.6) is 0 Å². The number of rotatable bonds is 1. The summed E-state index contributed by atoms with van der Waals surface area (Å²) in [5, 5.41) is 9.17. The molecule has 0 saturated carbocycles. The molecule has 25 valence electrons. The lowest BCUT2D eigenvalue weighted by atomic mass is 10.8. The molecule has 0 spiro atoms. The van der Waals surface area contributed by atoms with E-state index >= 15 is 0 Å². The van der Waals surface area contributed by atoms with Crippen molar-refractivity contribution in [3.63, 3.8) is 0 Å². The average molecular weight is 61.1 g/mol. The Morgan fingerprint density at radius 2 is 2.25 bits per heavy atom. The molecule has 0 aliphatic rings. The molecule has 0 aromatic heterocycles. The number of nitrogens with two attached hydrogens (primary N) is 1. The van der Waals surface area contributed by atoms with Crippen molar-refractivity contribution in [1.82, 2.24) is 0 Å². The van der Waals surface area contributed by atoms with E-state index in [4.69, 9.17) is 5.73 Å². The molecule has 0 aliphatic heterocycles. The van der Waals surface area contributed by atoms with E-state index < -0.39 is 0 Å². The highest BCUT2D eigenvalue weighted by Crippen LogP contribution is 1.36. The standard InChI is InChI=1S/C2H6NO/c3-1-2-4/h1-3H2/p+1. The van der Waals surface area contributed by atoms with E-state index in [1.807, 2.05) is 0 Å². The van der Waals surface area contributed by atoms with Crippen molar-refractivity contribution in [2.75, 3.05) is 13.2 Å². The monoisotopic (exact) mass is 61.1 g/mol. The largest absolute Gasteiger partial charge is 1.00 e. The van der Waals surface area contributed by atoms with Gasteiger partial charge < -0.3 is 5.73 Å². The molecule has 0 aromatic rings. The Morgan fingerprint density at radius 1 is 2.00 bits per heavy atom. The van der Waals surface area contributed by atoms with Crippen LogP contribution in [-0.2, 0) is 5.11 Å². The third-order valence-corrected chi connectivity index (χ3v) is 0.118. The zero-order valence-corrected chi connectivity index (χ0v) is 2.40. The molecule has 0 unspecified atom stereocenters. The van der Waals surface area contributed by atoms with Gasteiger partial charge in [0, 0.05) is 6.54 Å². The Hall–Kier alpha value is -0.0800. The van der Waals surface area contributed by atoms with Crippen molar-refractivity contribution in [1.29, 1.82) is 0 Å². The first-order valence-corrected chi connectivity index (χ1v) is 1.20. The summed E-state index contributed by atoms with van der Waals surface area (Å²) in [6.45, 7) is 0.111. The van der Waals surface area contributed by atoms with E-state index in [2.05, 4.69) is 0 Å². The van der Waals surface area contributed by atoms with Gasteiger partial charge in [-0.05, 0) is 0 Å². The van der Waals surface area contributed by atoms with Gasteiger partial charge in [0.25, 0.3) is 0 Å². The van der Waals surface area contributed by atoms with Gasteiger partial charge in [0.05, 0.1) is 6.61 Å². The predicted octanol–water partition coefficient (Wildman–Crippen LogP) is -0.512. The maximum Gasteiger partial charge on any atom is 1.00 e. The Bertz CT molecular complexity index is 11.6. The summed E-state index contributed by atoms with van der Waals surface area (Å²) in [7, 11) is 0. The van der Waals surface area contributed by atoms with Crippen molar-refractivity contribution in [3.8, 4) is 0 Å². The number of hydrogen-bond donors (Lipinski definition) is 1. The molecular formula is C2H7NO+. The van der Waals surface area contributed by atoms with Crippen molar-refractivity contribution in [2.45, 2.75) is 0 Å². The van der Waals surface area contributed by atoms with Gasteiger partial charge in [-0.3, -0.25) is 0 Å². The van der Waals surface area contributed by atoms with Crippen LogP contribution >= 0.6 is 0 Å². The predicted molar refractivity (Wildman–Crippen MR) is 15.7 cm³/mol. The zero-order chi connectivity index (χ0) is 3.41. The summed E-state index contributed by atoms with van der Waals surface area (Å²) >= 11 is 0. The fraction of sp³-hybridized carbons (Fsp3) is 1.00. The molecule has 4 heavy (non-hydrogen) atoms. The summed E-state index contributed by atoms with van der Waals surface area (Å²) in [4.78, 5) is 0. The van der Waals surface area contributed by atoms with E-state index in [0.717, 1.165) is 0 Å². The smallest absolute Gasteiger partial charge is 0.328 e. The van der Waals surface area contributed by atoms with Crippen molar-refractivity contribution < 1.29 is 6.53 Å². The minimum Gasteiger partial charge on any atom is -0.328 e. The highest BCUT2D eigenvalue weighted by atomic mass is 16.3. The normalized spacial score (nSPS) is 7.50. The minimum atomic E-state index is -0.153. The summed E-state index contributed by atoms with van der Waals surface area (Å²) in [5.74, 6) is 0. The third kappa shape index (κ3) is 1.92. The summed E-state index contributed by atoms with van der Waals surface area (Å²) in [6, 6.07) is 0. The van der Waals surface area contributed by atoms with Gasteiger partial charge in [-0.15, -0.1) is 0 Å². The Morgan fingerprint density at radius 3 is 2.25 bits per heavy atom. The van der Waals surface area contributed by atoms with E-state index in [1.165, 1.54) is 0 Å². The second-order valence-electron chi connectivity index (χ2n) is 0.493. The minimum absolute atomic E-state index is 0. The fourth-order valence-corrected chi connectivity index (χ4v) is 0. The Labute approximate surface area is 26.7 Å². The molecule has 0 heterocycles. The second kappa shape index (κ2) is 2.92. The third-order valence-electron chi connectivity index (χ3n) is 0.118. The van der Waals surface area contributed by atoms with Crippen LogP contribution < -0.4 is 5.73 Å². The first-order valence-electron chi connectivity index (χ1n) is 1.20. The maximum absolute atomic E-state index is 9.17. The Balaban J connectivity index is 0. The molecule has 0 aliphatic carbocycles. The van der Waals surface area contributed by atoms with Crippen LogP contribution in [0.3, 0.4) is 0 Å².